The summed E-state index contributed by atoms with van der Waals surface area (Å²) in [6.07, 6.45) is 39.0. The molecule has 2 N–H and O–H groups in total. The average Bonchev–Trinajstić information content (AvgIpc) is 1.56. The Hall–Kier alpha value is -4.14. The minimum absolute atomic E-state index is 0. The molecule has 1 aliphatic rings. The molecule has 0 spiro atoms. The number of halogens is 3. The Morgan fingerprint density at radius 2 is 0.604 bits per heavy atom. The van der Waals surface area contributed by atoms with Crippen LogP contribution in [0.4, 0.5) is 0 Å². The molecular weight excluding hydrogens is 2290 g/mol. The molecule has 0 saturated carbocycles. The molecule has 26 heteroatoms. The maximum atomic E-state index is 8.88. The third-order valence-electron chi connectivity index (χ3n) is 27.5. The van der Waals surface area contributed by atoms with Crippen LogP contribution in [0.3, 0.4) is 0 Å². The molecule has 1 aliphatic carbocycles. The molecule has 0 bridgehead atoms. The number of fused-ring (bicyclic) bond motifs is 5. The maximum Gasteiger partial charge on any atom is 0.0108 e. The van der Waals surface area contributed by atoms with Crippen LogP contribution in [-0.2, 0) is 25.7 Å². The first-order valence-corrected chi connectivity index (χ1v) is 72.1. The van der Waals surface area contributed by atoms with Gasteiger partial charge in [0.05, 0.1) is 53.3 Å². The quantitative estimate of drug-likeness (QED) is 0.0222. The molecule has 13 aromatic heterocycles. The molecule has 3 aromatic carbocycles. The largest absolute Gasteiger partial charge is 0.197 e. The number of aryl methyl sites for hydroxylation is 6. The van der Waals surface area contributed by atoms with Crippen molar-refractivity contribution >= 4 is 295 Å². The monoisotopic (exact) mass is 2440 g/mol. The Labute approximate surface area is 948 Å². The normalized spacial score (nSPS) is 13.3. The zero-order valence-corrected chi connectivity index (χ0v) is 105. The van der Waals surface area contributed by atoms with Gasteiger partial charge in [-0.1, -0.05) is 187 Å². The molecule has 0 fully saturated rings. The summed E-state index contributed by atoms with van der Waals surface area (Å²) in [6.45, 7) is 42.0. The van der Waals surface area contributed by atoms with Crippen LogP contribution in [0.25, 0.3) is 139 Å². The molecule has 776 valence electrons. The van der Waals surface area contributed by atoms with Crippen LogP contribution < -0.4 is 2.89 Å². The van der Waals surface area contributed by atoms with Gasteiger partial charge in [-0.2, -0.15) is 22.2 Å². The van der Waals surface area contributed by atoms with Gasteiger partial charge in [-0.3, -0.25) is 10.8 Å². The molecule has 13 heterocycles. The molecule has 0 radical (unpaired) electrons. The van der Waals surface area contributed by atoms with Crippen LogP contribution in [0, 0.1) is 72.0 Å². The topological polar surface area (TPSA) is 125 Å². The maximum absolute atomic E-state index is 8.88. The van der Waals surface area contributed by atoms with Crippen molar-refractivity contribution in [2.45, 2.75) is 320 Å². The van der Waals surface area contributed by atoms with E-state index in [2.05, 4.69) is 278 Å². The van der Waals surface area contributed by atoms with Crippen LogP contribution in [0.5, 0.6) is 0 Å². The summed E-state index contributed by atoms with van der Waals surface area (Å²) >= 11 is 32.8. The second kappa shape index (κ2) is 57.7. The first kappa shape index (κ1) is 120. The van der Waals surface area contributed by atoms with Crippen LogP contribution in [0.2, 0.25) is 13.3 Å². The Bertz CT molecular complexity index is 6550. The fourth-order valence-corrected chi connectivity index (χ4v) is 52.9. The average molecular weight is 2450 g/mol. The Balaban J connectivity index is 0.000000239. The third-order valence-corrected chi connectivity index (χ3v) is 61.4. The fraction of sp³-hybridized carbons (Fsp3) is 0.492. The van der Waals surface area contributed by atoms with Gasteiger partial charge in [-0.25, -0.2) is 9.97 Å². The third kappa shape index (κ3) is 30.9. The van der Waals surface area contributed by atoms with Crippen LogP contribution in [0.15, 0.2) is 136 Å². The van der Waals surface area contributed by atoms with Crippen LogP contribution in [0.1, 0.15) is 301 Å². The summed E-state index contributed by atoms with van der Waals surface area (Å²) in [7, 11) is 0. The summed E-state index contributed by atoms with van der Waals surface area (Å²) in [6, 6.07) is 41.4. The molecular formula is C118H155Br2ClN8S14Sn. The Morgan fingerprint density at radius 1 is 0.312 bits per heavy atom. The zero-order valence-electron chi connectivity index (χ0n) is 86.8. The number of aromatic nitrogens is 6. The van der Waals surface area contributed by atoms with E-state index in [-0.39, 0.29) is 34.1 Å². The van der Waals surface area contributed by atoms with E-state index in [9.17, 15) is 0 Å². The molecule has 144 heavy (non-hydrogen) atoms. The number of unbranched alkanes of at least 4 members (excludes halogenated alkanes) is 3. The Morgan fingerprint density at radius 3 is 0.910 bits per heavy atom. The number of thiazole rings is 4. The zero-order chi connectivity index (χ0) is 100. The first-order chi connectivity index (χ1) is 68.0. The summed E-state index contributed by atoms with van der Waals surface area (Å²) < 4.78 is 21.5. The number of allylic oxidation sites excluding steroid dienone is 4. The van der Waals surface area contributed by atoms with Gasteiger partial charge in [-0.15, -0.1) is 79.6 Å². The van der Waals surface area contributed by atoms with Gasteiger partial charge in [-0.05, 0) is 185 Å². The van der Waals surface area contributed by atoms with E-state index in [1.54, 1.807) is 25.6 Å². The second-order valence-electron chi connectivity index (χ2n) is 41.1. The molecule has 4 unspecified atom stereocenters. The van der Waals surface area contributed by atoms with Crippen LogP contribution >= 0.6 is 205 Å². The molecule has 17 rings (SSSR count). The van der Waals surface area contributed by atoms with Gasteiger partial charge in [0.2, 0.25) is 0 Å². The van der Waals surface area contributed by atoms with E-state index in [0.29, 0.717) is 5.71 Å². The van der Waals surface area contributed by atoms with Crippen molar-refractivity contribution in [1.29, 1.82) is 10.8 Å². The summed E-state index contributed by atoms with van der Waals surface area (Å²) in [5.41, 5.74) is 13.5. The summed E-state index contributed by atoms with van der Waals surface area (Å²) in [4.78, 5) is 42.4. The van der Waals surface area contributed by atoms with Crippen molar-refractivity contribution in [3.63, 3.8) is 0 Å². The van der Waals surface area contributed by atoms with Gasteiger partial charge in [0.25, 0.3) is 0 Å². The molecule has 0 saturated heterocycles. The van der Waals surface area contributed by atoms with Crippen molar-refractivity contribution in [2.24, 2.45) is 47.3 Å². The van der Waals surface area contributed by atoms with Gasteiger partial charge >= 0.3 is 329 Å². The predicted molar refractivity (Wildman–Crippen MR) is 676 cm³/mol. The second-order valence-corrected chi connectivity index (χ2v) is 70.9. The number of nitrogens with zero attached hydrogens (tertiary/aromatic N) is 6. The van der Waals surface area contributed by atoms with Crippen LogP contribution in [-0.4, -0.2) is 64.9 Å². The minimum atomic E-state index is -2.69. The van der Waals surface area contributed by atoms with Gasteiger partial charge < -0.3 is 0 Å². The number of nitrogens with one attached hydrogen (secondary N) is 2. The molecule has 8 nitrogen and oxygen atoms in total. The van der Waals surface area contributed by atoms with E-state index in [0.717, 1.165) is 141 Å². The van der Waals surface area contributed by atoms with Gasteiger partial charge in [0.1, 0.15) is 21.0 Å². The van der Waals surface area contributed by atoms with Crippen molar-refractivity contribution in [3.05, 3.63) is 170 Å². The van der Waals surface area contributed by atoms with Crippen molar-refractivity contribution in [3.8, 4) is 81.3 Å². The van der Waals surface area contributed by atoms with E-state index in [4.69, 9.17) is 30.8 Å². The standard InChI is InChI=1S/C52H60N4S6.C45H53N2S6.C6H2Br2N2S.3C4H9.CH3Cl.2CH4.H2S.Sn/c1-29(2)11-9-13-31(5)15-19-35-21-25-41(58-35)51-55-47-43(39-24-18-34(8)57-39)49-48(56-52(61-49)42-26-22-36(59-42)20-16-32(6)14-10-12-30(3)4)44(50(47)62-51)40-28-27-38(60-40)37-23-17-33(7)45(53)46(37)54;1-27(2)11-8-13-29(5)16-19-32-21-24-36(50-32)44-46-40-38(34-15-10-26-48-34)42-41(39(43(40)53-44)35-23-18-31(7)49-35)47-45(52-42)37-25-22-33(51-37)20-17-30(6)14-9-12-28(3)4;7-3-1-2-4(8)6-5(3)9-11-10-6;3*1-3-4-2;1-2;;;;/h17-18,21-32,53-54H,9-16,19-20H2,1-8H3;10,15,18,21-25,27-30H,8-9,11-14,16-17,19-20H2,1-7H3;1-2H;3*1,3-4H2,2H3;1H3;2*1H4;1H2;. The number of hydrogen-bond donors (Lipinski definition) is 2. The summed E-state index contributed by atoms with van der Waals surface area (Å²) in [5.74, 6) is 6.14. The van der Waals surface area contributed by atoms with Crippen molar-refractivity contribution < 1.29 is 0 Å². The predicted octanol–water partition coefficient (Wildman–Crippen LogP) is 44.7. The number of thiophene rings is 8. The molecule has 0 amide bonds. The van der Waals surface area contributed by atoms with Gasteiger partial charge in [0.15, 0.2) is 0 Å². The number of rotatable bonds is 47. The van der Waals surface area contributed by atoms with E-state index >= 15 is 0 Å². The van der Waals surface area contributed by atoms with E-state index in [1.807, 2.05) is 133 Å². The number of benzene rings is 3. The fourth-order valence-electron chi connectivity index (χ4n) is 19.1. The van der Waals surface area contributed by atoms with E-state index in [1.165, 1.54) is 293 Å². The number of alkyl halides is 1. The molecule has 16 aromatic rings. The van der Waals surface area contributed by atoms with Gasteiger partial charge in [0, 0.05) is 61.3 Å². The number of hydrogen-bond acceptors (Lipinski definition) is 21. The molecule has 4 atom stereocenters. The summed E-state index contributed by atoms with van der Waals surface area (Å²) in [5, 5.41) is 21.9. The minimum Gasteiger partial charge on any atom is -0.197 e. The van der Waals surface area contributed by atoms with E-state index < -0.39 is 18.4 Å². The van der Waals surface area contributed by atoms with Crippen molar-refractivity contribution in [2.75, 3.05) is 6.38 Å². The smallest absolute Gasteiger partial charge is 0.0108 e. The first-order valence-electron chi connectivity index (χ1n) is 51.8. The molecule has 0 aliphatic heterocycles. The Kier molecular flexibility index (Phi) is 48.1. The SMILES string of the molecule is Brc1ccc(Br)c2nsnc12.C.C.CC1=CC=C(c2ccc(-c3c4nc(-c5ccc(CCC(C)CCCC(C)C)s5)sc4c(-c4ccc(C)s4)c4nc(-c5ccc(CCC(C)CCCC(C)C)s5)sc34)s2)C(=N)C1=N.CCC[CH2][Sn]([CH2]CCC)([CH2]CCC)[c]1ccc(-c2c3nc(-c4ccc(CCC(C)CCCC(C)C)s4)sc3c(-c3ccc(C)s3)c3nc(-c4ccc(CCC(C)CCCC(C)C)s4)sc23)s1.CCl.S. The van der Waals surface area contributed by atoms with Crippen molar-refractivity contribution in [1.82, 2.24) is 28.7 Å².